The molecule has 0 saturated heterocycles. The summed E-state index contributed by atoms with van der Waals surface area (Å²) in [5, 5.41) is 2.80. The van der Waals surface area contributed by atoms with E-state index >= 15 is 0 Å². The second kappa shape index (κ2) is 3.01. The van der Waals surface area contributed by atoms with E-state index in [1.165, 1.54) is 6.07 Å². The van der Waals surface area contributed by atoms with Crippen LogP contribution in [0.4, 0.5) is 4.39 Å². The molecule has 0 unspecified atom stereocenters. The first kappa shape index (κ1) is 8.53. The van der Waals surface area contributed by atoms with Gasteiger partial charge in [-0.05, 0) is 28.1 Å². The van der Waals surface area contributed by atoms with Crippen LogP contribution in [-0.4, -0.2) is 0 Å². The molecule has 0 aliphatic rings. The van der Waals surface area contributed by atoms with Crippen LogP contribution >= 0.6 is 39.9 Å². The Morgan fingerprint density at radius 3 is 2.92 bits per heavy atom. The largest absolute Gasteiger partial charge is 0.206 e. The van der Waals surface area contributed by atoms with Gasteiger partial charge in [-0.3, -0.25) is 0 Å². The van der Waals surface area contributed by atoms with Gasteiger partial charge in [-0.1, -0.05) is 0 Å². The summed E-state index contributed by atoms with van der Waals surface area (Å²) in [7, 11) is 0. The van der Waals surface area contributed by atoms with Crippen molar-refractivity contribution in [2.45, 2.75) is 4.90 Å². The standard InChI is InChI=1S/C8H4BrFS2/c9-4-3-12-6-2-1-5(10)8(11)7(4)6/h1-3,11H. The topological polar surface area (TPSA) is 0 Å². The Morgan fingerprint density at radius 2 is 2.17 bits per heavy atom. The highest BCUT2D eigenvalue weighted by molar-refractivity contribution is 9.10. The van der Waals surface area contributed by atoms with Crippen molar-refractivity contribution in [1.29, 1.82) is 0 Å². The maximum atomic E-state index is 13.0. The molecule has 0 nitrogen and oxygen atoms in total. The number of benzene rings is 1. The minimum atomic E-state index is -0.273. The van der Waals surface area contributed by atoms with Crippen LogP contribution in [0, 0.1) is 5.82 Å². The predicted octanol–water partition coefficient (Wildman–Crippen LogP) is 4.09. The van der Waals surface area contributed by atoms with E-state index in [9.17, 15) is 4.39 Å². The Labute approximate surface area is 86.9 Å². The van der Waals surface area contributed by atoms with Gasteiger partial charge in [0.2, 0.25) is 0 Å². The lowest BCUT2D eigenvalue weighted by Crippen LogP contribution is -1.76. The van der Waals surface area contributed by atoms with Crippen LogP contribution in [0.5, 0.6) is 0 Å². The average molecular weight is 263 g/mol. The summed E-state index contributed by atoms with van der Waals surface area (Å²) in [6, 6.07) is 3.20. The average Bonchev–Trinajstić information content (AvgIpc) is 2.41. The lowest BCUT2D eigenvalue weighted by molar-refractivity contribution is 0.606. The maximum Gasteiger partial charge on any atom is 0.137 e. The number of thiophene rings is 1. The van der Waals surface area contributed by atoms with Gasteiger partial charge in [0.05, 0.1) is 0 Å². The van der Waals surface area contributed by atoms with Crippen molar-refractivity contribution in [3.63, 3.8) is 0 Å². The molecule has 2 rings (SSSR count). The second-order valence-corrected chi connectivity index (χ2v) is 4.57. The van der Waals surface area contributed by atoms with Crippen molar-refractivity contribution in [3.8, 4) is 0 Å². The van der Waals surface area contributed by atoms with Crippen molar-refractivity contribution >= 4 is 50.0 Å². The Morgan fingerprint density at radius 1 is 1.42 bits per heavy atom. The third kappa shape index (κ3) is 1.18. The summed E-state index contributed by atoms with van der Waals surface area (Å²) in [6.07, 6.45) is 0. The molecule has 4 heteroatoms. The van der Waals surface area contributed by atoms with Gasteiger partial charge in [0.25, 0.3) is 0 Å². The third-order valence-corrected chi connectivity index (χ3v) is 3.93. The number of halogens is 2. The van der Waals surface area contributed by atoms with Crippen LogP contribution < -0.4 is 0 Å². The highest BCUT2D eigenvalue weighted by Gasteiger charge is 2.08. The molecular formula is C8H4BrFS2. The lowest BCUT2D eigenvalue weighted by Gasteiger charge is -1.97. The van der Waals surface area contributed by atoms with E-state index in [0.29, 0.717) is 4.90 Å². The molecule has 0 N–H and O–H groups in total. The zero-order valence-corrected chi connectivity index (χ0v) is 9.14. The van der Waals surface area contributed by atoms with Gasteiger partial charge in [-0.15, -0.1) is 24.0 Å². The van der Waals surface area contributed by atoms with E-state index in [2.05, 4.69) is 28.6 Å². The van der Waals surface area contributed by atoms with Gasteiger partial charge >= 0.3 is 0 Å². The summed E-state index contributed by atoms with van der Waals surface area (Å²) in [4.78, 5) is 0.417. The number of thiol groups is 1. The van der Waals surface area contributed by atoms with Gasteiger partial charge in [-0.25, -0.2) is 4.39 Å². The van der Waals surface area contributed by atoms with E-state index < -0.39 is 0 Å². The molecule has 0 atom stereocenters. The van der Waals surface area contributed by atoms with Gasteiger partial charge in [0, 0.05) is 24.8 Å². The number of fused-ring (bicyclic) bond motifs is 1. The van der Waals surface area contributed by atoms with Crippen molar-refractivity contribution < 1.29 is 4.39 Å². The van der Waals surface area contributed by atoms with Gasteiger partial charge in [0.15, 0.2) is 0 Å². The Balaban J connectivity index is 2.96. The van der Waals surface area contributed by atoms with Crippen LogP contribution in [0.3, 0.4) is 0 Å². The molecule has 0 aliphatic carbocycles. The fraction of sp³-hybridized carbons (Fsp3) is 0. The van der Waals surface area contributed by atoms with E-state index in [0.717, 1.165) is 14.6 Å². The Hall–Kier alpha value is -0.0600. The van der Waals surface area contributed by atoms with Gasteiger partial charge in [0.1, 0.15) is 5.82 Å². The molecule has 0 radical (unpaired) electrons. The normalized spacial score (nSPS) is 10.9. The zero-order chi connectivity index (χ0) is 8.72. The van der Waals surface area contributed by atoms with E-state index in [-0.39, 0.29) is 5.82 Å². The Kier molecular flexibility index (Phi) is 2.14. The van der Waals surface area contributed by atoms with Crippen molar-refractivity contribution in [3.05, 3.63) is 27.8 Å². The second-order valence-electron chi connectivity index (χ2n) is 2.35. The first-order valence-corrected chi connectivity index (χ1v) is 5.36. The smallest absolute Gasteiger partial charge is 0.137 e. The first-order chi connectivity index (χ1) is 5.70. The monoisotopic (exact) mass is 262 g/mol. The summed E-state index contributed by atoms with van der Waals surface area (Å²) in [6.45, 7) is 0. The molecule has 0 aliphatic heterocycles. The van der Waals surface area contributed by atoms with Crippen LogP contribution in [-0.2, 0) is 0 Å². The molecule has 62 valence electrons. The van der Waals surface area contributed by atoms with Crippen LogP contribution in [0.25, 0.3) is 10.1 Å². The fourth-order valence-corrected chi connectivity index (χ4v) is 3.24. The summed E-state index contributed by atoms with van der Waals surface area (Å²) in [5.74, 6) is -0.273. The zero-order valence-electron chi connectivity index (χ0n) is 5.84. The lowest BCUT2D eigenvalue weighted by atomic mass is 10.2. The van der Waals surface area contributed by atoms with E-state index in [4.69, 9.17) is 0 Å². The highest BCUT2D eigenvalue weighted by atomic mass is 79.9. The number of hydrogen-bond acceptors (Lipinski definition) is 2. The fourth-order valence-electron chi connectivity index (χ4n) is 1.05. The maximum absolute atomic E-state index is 13.0. The van der Waals surface area contributed by atoms with Crippen molar-refractivity contribution in [2.75, 3.05) is 0 Å². The van der Waals surface area contributed by atoms with Crippen molar-refractivity contribution in [2.24, 2.45) is 0 Å². The molecule has 0 bridgehead atoms. The molecule has 0 spiro atoms. The Bertz CT molecular complexity index is 436. The number of rotatable bonds is 0. The third-order valence-electron chi connectivity index (χ3n) is 1.62. The minimum absolute atomic E-state index is 0.273. The van der Waals surface area contributed by atoms with E-state index in [1.54, 1.807) is 17.4 Å². The van der Waals surface area contributed by atoms with Gasteiger partial charge in [-0.2, -0.15) is 0 Å². The minimum Gasteiger partial charge on any atom is -0.206 e. The molecule has 0 fully saturated rings. The summed E-state index contributed by atoms with van der Waals surface area (Å²) < 4.78 is 15.0. The molecule has 12 heavy (non-hydrogen) atoms. The molecule has 1 aromatic heterocycles. The highest BCUT2D eigenvalue weighted by Crippen LogP contribution is 2.35. The SMILES string of the molecule is Fc1ccc2scc(Br)c2c1S. The quantitative estimate of drug-likeness (QED) is 0.680. The summed E-state index contributed by atoms with van der Waals surface area (Å²) >= 11 is 9.02. The van der Waals surface area contributed by atoms with Crippen LogP contribution in [0.1, 0.15) is 0 Å². The van der Waals surface area contributed by atoms with Gasteiger partial charge < -0.3 is 0 Å². The summed E-state index contributed by atoms with van der Waals surface area (Å²) in [5.41, 5.74) is 0. The molecule has 2 aromatic rings. The van der Waals surface area contributed by atoms with Crippen molar-refractivity contribution in [1.82, 2.24) is 0 Å². The number of hydrogen-bond donors (Lipinski definition) is 1. The van der Waals surface area contributed by atoms with Crippen LogP contribution in [0.15, 0.2) is 26.9 Å². The van der Waals surface area contributed by atoms with Crippen LogP contribution in [0.2, 0.25) is 0 Å². The molecule has 1 heterocycles. The molecular weight excluding hydrogens is 259 g/mol. The van der Waals surface area contributed by atoms with E-state index in [1.807, 2.05) is 5.38 Å². The first-order valence-electron chi connectivity index (χ1n) is 3.24. The molecule has 1 aromatic carbocycles. The molecule has 0 saturated carbocycles. The predicted molar refractivity (Wildman–Crippen MR) is 56.7 cm³/mol. The molecule has 0 amide bonds.